The van der Waals surface area contributed by atoms with Crippen LogP contribution in [0.2, 0.25) is 0 Å². The third-order valence-corrected chi connectivity index (χ3v) is 4.92. The van der Waals surface area contributed by atoms with E-state index >= 15 is 0 Å². The quantitative estimate of drug-likeness (QED) is 0.217. The van der Waals surface area contributed by atoms with Crippen LogP contribution in [0.25, 0.3) is 0 Å². The van der Waals surface area contributed by atoms with Crippen LogP contribution >= 0.6 is 0 Å². The number of carbonyl (C=O) groups is 5. The summed E-state index contributed by atoms with van der Waals surface area (Å²) in [7, 11) is 0. The molecule has 1 spiro atoms. The molecule has 0 radical (unpaired) electrons. The van der Waals surface area contributed by atoms with Crippen molar-refractivity contribution in [2.75, 3.05) is 32.7 Å². The van der Waals surface area contributed by atoms with Gasteiger partial charge in [0.2, 0.25) is 23.6 Å². The van der Waals surface area contributed by atoms with Crippen molar-refractivity contribution in [1.29, 1.82) is 0 Å². The monoisotopic (exact) mass is 428 g/mol. The first-order valence-electron chi connectivity index (χ1n) is 9.62. The summed E-state index contributed by atoms with van der Waals surface area (Å²) in [5.74, 6) is -3.61. The zero-order valence-corrected chi connectivity index (χ0v) is 16.6. The van der Waals surface area contributed by atoms with Gasteiger partial charge in [0.15, 0.2) is 0 Å². The largest absolute Gasteiger partial charge is 0.481 e. The fourth-order valence-corrected chi connectivity index (χ4v) is 3.12. The van der Waals surface area contributed by atoms with Crippen LogP contribution in [-0.2, 0) is 24.0 Å². The molecule has 0 aromatic rings. The lowest BCUT2D eigenvalue weighted by Crippen LogP contribution is -2.76. The topological polar surface area (TPSA) is 198 Å². The fourth-order valence-electron chi connectivity index (χ4n) is 3.12. The molecule has 2 aliphatic rings. The number of aliphatic hydroxyl groups excluding tert-OH is 1. The van der Waals surface area contributed by atoms with Crippen molar-refractivity contribution >= 4 is 29.6 Å². The van der Waals surface area contributed by atoms with Crippen LogP contribution in [0.5, 0.6) is 0 Å². The molecule has 13 heteroatoms. The van der Waals surface area contributed by atoms with E-state index in [0.29, 0.717) is 13.1 Å². The lowest BCUT2D eigenvalue weighted by molar-refractivity contribution is -0.138. The maximum atomic E-state index is 12.6. The first-order valence-corrected chi connectivity index (χ1v) is 9.62. The number of aliphatic carboxylic acids is 1. The number of carboxylic acids is 1. The highest BCUT2D eigenvalue weighted by Gasteiger charge is 2.42. The Labute approximate surface area is 172 Å². The average molecular weight is 428 g/mol. The highest BCUT2D eigenvalue weighted by molar-refractivity contribution is 5.92. The SMILES string of the molecule is C[C@@H](O)[C@@H]1NC2(CNC2)CNC(=O)[C@H](CCC(=O)O)NC(=O)CNC(=O)CNC1=O. The molecule has 2 saturated heterocycles. The lowest BCUT2D eigenvalue weighted by atomic mass is 9.90. The van der Waals surface area contributed by atoms with E-state index in [-0.39, 0.29) is 19.4 Å². The van der Waals surface area contributed by atoms with Gasteiger partial charge in [-0.2, -0.15) is 0 Å². The van der Waals surface area contributed by atoms with Crippen LogP contribution in [0, 0.1) is 0 Å². The Morgan fingerprint density at radius 1 is 1.03 bits per heavy atom. The maximum Gasteiger partial charge on any atom is 0.303 e. The van der Waals surface area contributed by atoms with Crippen molar-refractivity contribution in [2.24, 2.45) is 0 Å². The summed E-state index contributed by atoms with van der Waals surface area (Å²) in [6.45, 7) is 1.45. The minimum atomic E-state index is -1.12. The van der Waals surface area contributed by atoms with Crippen molar-refractivity contribution in [3.63, 3.8) is 0 Å². The standard InChI is InChI=1S/C17H28N6O7/c1-9(24)14-16(30)20-4-11(25)19-5-12(26)22-10(2-3-13(27)28)15(29)21-8-17(23-14)6-18-7-17/h9-10,14,18,23-24H,2-8H2,1H3,(H,19,25)(H,20,30)(H,21,29)(H,22,26)(H,27,28)/t9-,10+,14+/m1/s1. The summed E-state index contributed by atoms with van der Waals surface area (Å²) < 4.78 is 0. The Hall–Kier alpha value is -2.77. The van der Waals surface area contributed by atoms with Gasteiger partial charge in [0.25, 0.3) is 0 Å². The second-order valence-electron chi connectivity index (χ2n) is 7.51. The number of rotatable bonds is 4. The van der Waals surface area contributed by atoms with Gasteiger partial charge in [-0.3, -0.25) is 29.3 Å². The van der Waals surface area contributed by atoms with E-state index in [1.165, 1.54) is 6.92 Å². The zero-order chi connectivity index (χ0) is 22.3. The Balaban J connectivity index is 2.20. The van der Waals surface area contributed by atoms with E-state index < -0.39 is 66.4 Å². The van der Waals surface area contributed by atoms with E-state index in [4.69, 9.17) is 5.11 Å². The summed E-state index contributed by atoms with van der Waals surface area (Å²) in [5.41, 5.74) is -0.738. The predicted molar refractivity (Wildman–Crippen MR) is 102 cm³/mol. The summed E-state index contributed by atoms with van der Waals surface area (Å²) in [6, 6.07) is -2.14. The number of carbonyl (C=O) groups excluding carboxylic acids is 4. The molecule has 2 fully saturated rings. The van der Waals surface area contributed by atoms with Gasteiger partial charge in [-0.1, -0.05) is 0 Å². The number of hydrogen-bond acceptors (Lipinski definition) is 8. The molecule has 30 heavy (non-hydrogen) atoms. The minimum absolute atomic E-state index is 0.0754. The van der Waals surface area contributed by atoms with Crippen molar-refractivity contribution in [2.45, 2.75) is 43.5 Å². The van der Waals surface area contributed by atoms with E-state index in [1.54, 1.807) is 0 Å². The first kappa shape index (κ1) is 23.5. The van der Waals surface area contributed by atoms with Gasteiger partial charge in [0, 0.05) is 26.1 Å². The smallest absolute Gasteiger partial charge is 0.303 e. The van der Waals surface area contributed by atoms with Crippen molar-refractivity contribution in [3.8, 4) is 0 Å². The Kier molecular flexibility index (Phi) is 8.08. The normalized spacial score (nSPS) is 26.7. The lowest BCUT2D eigenvalue weighted by Gasteiger charge is -2.46. The van der Waals surface area contributed by atoms with E-state index in [1.807, 2.05) is 0 Å². The third kappa shape index (κ3) is 6.64. The van der Waals surface area contributed by atoms with E-state index in [2.05, 4.69) is 31.9 Å². The van der Waals surface area contributed by atoms with Crippen LogP contribution in [0.3, 0.4) is 0 Å². The molecule has 0 aliphatic carbocycles. The Bertz CT molecular complexity index is 694. The Morgan fingerprint density at radius 2 is 1.70 bits per heavy atom. The second-order valence-corrected chi connectivity index (χ2v) is 7.51. The van der Waals surface area contributed by atoms with Gasteiger partial charge < -0.3 is 36.8 Å². The predicted octanol–water partition coefficient (Wildman–Crippen LogP) is -4.62. The number of hydrogen-bond donors (Lipinski definition) is 8. The molecule has 2 aliphatic heterocycles. The minimum Gasteiger partial charge on any atom is -0.481 e. The highest BCUT2D eigenvalue weighted by Crippen LogP contribution is 2.13. The molecule has 168 valence electrons. The molecule has 0 unspecified atom stereocenters. The number of aliphatic hydroxyl groups is 1. The molecule has 4 amide bonds. The molecule has 2 rings (SSSR count). The molecule has 13 nitrogen and oxygen atoms in total. The summed E-state index contributed by atoms with van der Waals surface area (Å²) >= 11 is 0. The Morgan fingerprint density at radius 3 is 2.27 bits per heavy atom. The fraction of sp³-hybridized carbons (Fsp3) is 0.706. The number of carboxylic acid groups (broad SMARTS) is 1. The molecule has 0 aromatic heterocycles. The van der Waals surface area contributed by atoms with E-state index in [9.17, 15) is 29.1 Å². The molecule has 0 saturated carbocycles. The van der Waals surface area contributed by atoms with Crippen molar-refractivity contribution in [1.82, 2.24) is 31.9 Å². The van der Waals surface area contributed by atoms with Crippen LogP contribution < -0.4 is 31.9 Å². The van der Waals surface area contributed by atoms with Gasteiger partial charge >= 0.3 is 5.97 Å². The molecule has 0 bridgehead atoms. The third-order valence-electron chi connectivity index (χ3n) is 4.92. The molecule has 0 aromatic carbocycles. The molecular weight excluding hydrogens is 400 g/mol. The first-order chi connectivity index (χ1) is 14.1. The average Bonchev–Trinajstić information content (AvgIpc) is 2.65. The molecule has 2 heterocycles. The van der Waals surface area contributed by atoms with Gasteiger partial charge in [-0.25, -0.2) is 0 Å². The zero-order valence-electron chi connectivity index (χ0n) is 16.6. The van der Waals surface area contributed by atoms with Crippen LogP contribution in [-0.4, -0.2) is 96.3 Å². The number of amides is 4. The number of nitrogens with one attached hydrogen (secondary N) is 6. The molecular formula is C17H28N6O7. The van der Waals surface area contributed by atoms with Gasteiger partial charge in [0.1, 0.15) is 12.1 Å². The van der Waals surface area contributed by atoms with Crippen LogP contribution in [0.15, 0.2) is 0 Å². The van der Waals surface area contributed by atoms with Crippen molar-refractivity contribution < 1.29 is 34.2 Å². The van der Waals surface area contributed by atoms with Gasteiger partial charge in [-0.15, -0.1) is 0 Å². The van der Waals surface area contributed by atoms with Crippen LogP contribution in [0.1, 0.15) is 19.8 Å². The summed E-state index contributed by atoms with van der Waals surface area (Å²) in [6.07, 6.45) is -1.54. The summed E-state index contributed by atoms with van der Waals surface area (Å²) in [5, 5.41) is 34.8. The second kappa shape index (κ2) is 10.3. The molecule has 8 N–H and O–H groups in total. The maximum absolute atomic E-state index is 12.6. The van der Waals surface area contributed by atoms with Gasteiger partial charge in [-0.05, 0) is 13.3 Å². The van der Waals surface area contributed by atoms with Crippen LogP contribution in [0.4, 0.5) is 0 Å². The highest BCUT2D eigenvalue weighted by atomic mass is 16.4. The van der Waals surface area contributed by atoms with E-state index in [0.717, 1.165) is 0 Å². The van der Waals surface area contributed by atoms with Gasteiger partial charge in [0.05, 0.1) is 24.7 Å². The van der Waals surface area contributed by atoms with Crippen molar-refractivity contribution in [3.05, 3.63) is 0 Å². The molecule has 3 atom stereocenters. The summed E-state index contributed by atoms with van der Waals surface area (Å²) in [4.78, 5) is 59.9.